The maximum atomic E-state index is 11.9. The van der Waals surface area contributed by atoms with Crippen LogP contribution in [0.4, 0.5) is 5.69 Å². The topological polar surface area (TPSA) is 84.6 Å². The van der Waals surface area contributed by atoms with Gasteiger partial charge in [0.2, 0.25) is 5.91 Å². The molecular formula is C14H22N2O3. The van der Waals surface area contributed by atoms with Crippen molar-refractivity contribution in [3.05, 3.63) is 29.8 Å². The highest BCUT2D eigenvalue weighted by molar-refractivity contribution is 5.83. The number of aliphatic hydroxyl groups is 1. The molecular weight excluding hydrogens is 244 g/mol. The van der Waals surface area contributed by atoms with E-state index in [1.54, 1.807) is 12.1 Å². The van der Waals surface area contributed by atoms with Crippen molar-refractivity contribution in [3.63, 3.8) is 0 Å². The van der Waals surface area contributed by atoms with Gasteiger partial charge < -0.3 is 20.9 Å². The van der Waals surface area contributed by atoms with Gasteiger partial charge in [0.25, 0.3) is 0 Å². The van der Waals surface area contributed by atoms with Crippen molar-refractivity contribution >= 4 is 11.6 Å². The second-order valence-corrected chi connectivity index (χ2v) is 4.58. The average Bonchev–Trinajstić information content (AvgIpc) is 2.38. The molecule has 1 aromatic carbocycles. The number of methoxy groups -OCH3 is 1. The molecule has 0 heterocycles. The number of hydrogen-bond donors (Lipinski definition) is 3. The van der Waals surface area contributed by atoms with Crippen molar-refractivity contribution in [2.24, 2.45) is 0 Å². The van der Waals surface area contributed by atoms with Crippen molar-refractivity contribution in [2.75, 3.05) is 26.0 Å². The van der Waals surface area contributed by atoms with E-state index >= 15 is 0 Å². The third kappa shape index (κ3) is 5.28. The summed E-state index contributed by atoms with van der Waals surface area (Å²) in [6.45, 7) is 2.53. The molecule has 2 unspecified atom stereocenters. The highest BCUT2D eigenvalue weighted by atomic mass is 16.5. The van der Waals surface area contributed by atoms with Crippen LogP contribution >= 0.6 is 0 Å². The van der Waals surface area contributed by atoms with Gasteiger partial charge in [-0.05, 0) is 31.0 Å². The molecule has 1 aromatic rings. The molecule has 0 aliphatic carbocycles. The van der Waals surface area contributed by atoms with Gasteiger partial charge in [-0.2, -0.15) is 0 Å². The lowest BCUT2D eigenvalue weighted by atomic mass is 10.00. The summed E-state index contributed by atoms with van der Waals surface area (Å²) in [7, 11) is 1.53. The molecule has 5 nitrogen and oxygen atoms in total. The summed E-state index contributed by atoms with van der Waals surface area (Å²) in [5.74, 6) is -0.335. The van der Waals surface area contributed by atoms with Crippen LogP contribution in [0.5, 0.6) is 0 Å². The van der Waals surface area contributed by atoms with E-state index in [0.29, 0.717) is 18.7 Å². The molecule has 0 aliphatic rings. The Kier molecular flexibility index (Phi) is 6.32. The first-order valence-corrected chi connectivity index (χ1v) is 6.34. The molecule has 0 radical (unpaired) electrons. The van der Waals surface area contributed by atoms with Crippen LogP contribution in [0.15, 0.2) is 24.3 Å². The maximum absolute atomic E-state index is 11.9. The summed E-state index contributed by atoms with van der Waals surface area (Å²) < 4.78 is 4.81. The number of amides is 1. The molecule has 106 valence electrons. The fourth-order valence-electron chi connectivity index (χ4n) is 1.77. The van der Waals surface area contributed by atoms with E-state index in [0.717, 1.165) is 5.56 Å². The number of hydrogen-bond acceptors (Lipinski definition) is 4. The molecule has 2 atom stereocenters. The molecule has 5 heteroatoms. The van der Waals surface area contributed by atoms with Crippen molar-refractivity contribution in [1.82, 2.24) is 5.32 Å². The van der Waals surface area contributed by atoms with Crippen LogP contribution in [-0.4, -0.2) is 37.4 Å². The fourth-order valence-corrected chi connectivity index (χ4v) is 1.77. The SMILES string of the molecule is COCC(O)CCNC(=O)C(C)c1cccc(N)c1. The van der Waals surface area contributed by atoms with Crippen LogP contribution < -0.4 is 11.1 Å². The zero-order valence-corrected chi connectivity index (χ0v) is 11.4. The van der Waals surface area contributed by atoms with Gasteiger partial charge in [-0.15, -0.1) is 0 Å². The van der Waals surface area contributed by atoms with Crippen molar-refractivity contribution < 1.29 is 14.6 Å². The first-order chi connectivity index (χ1) is 9.04. The number of anilines is 1. The Morgan fingerprint density at radius 1 is 1.53 bits per heavy atom. The number of nitrogens with two attached hydrogens (primary N) is 1. The second kappa shape index (κ2) is 7.76. The van der Waals surface area contributed by atoms with Crippen LogP contribution in [-0.2, 0) is 9.53 Å². The number of carbonyl (C=O) groups excluding carboxylic acids is 1. The minimum atomic E-state index is -0.548. The van der Waals surface area contributed by atoms with Crippen LogP contribution in [0.25, 0.3) is 0 Å². The Balaban J connectivity index is 2.41. The van der Waals surface area contributed by atoms with Crippen LogP contribution in [0.3, 0.4) is 0 Å². The molecule has 19 heavy (non-hydrogen) atoms. The normalized spacial score (nSPS) is 13.8. The summed E-state index contributed by atoms with van der Waals surface area (Å²) in [6.07, 6.45) is -0.0727. The molecule has 4 N–H and O–H groups in total. The largest absolute Gasteiger partial charge is 0.399 e. The van der Waals surface area contributed by atoms with E-state index in [2.05, 4.69) is 5.32 Å². The summed E-state index contributed by atoms with van der Waals surface area (Å²) >= 11 is 0. The lowest BCUT2D eigenvalue weighted by Gasteiger charge is -2.14. The minimum absolute atomic E-state index is 0.0739. The standard InChI is InChI=1S/C14H22N2O3/c1-10(11-4-3-5-12(15)8-11)14(18)16-7-6-13(17)9-19-2/h3-5,8,10,13,17H,6-7,9,15H2,1-2H3,(H,16,18). The van der Waals surface area contributed by atoms with E-state index < -0.39 is 6.10 Å². The number of carbonyl (C=O) groups is 1. The maximum Gasteiger partial charge on any atom is 0.227 e. The van der Waals surface area contributed by atoms with Crippen LogP contribution in [0, 0.1) is 0 Å². The highest BCUT2D eigenvalue weighted by Crippen LogP contribution is 2.17. The van der Waals surface area contributed by atoms with Gasteiger partial charge in [-0.1, -0.05) is 12.1 Å². The number of rotatable bonds is 7. The molecule has 0 spiro atoms. The Morgan fingerprint density at radius 3 is 2.89 bits per heavy atom. The van der Waals surface area contributed by atoms with E-state index in [9.17, 15) is 9.90 Å². The molecule has 0 saturated carbocycles. The Hall–Kier alpha value is -1.59. The summed E-state index contributed by atoms with van der Waals surface area (Å²) in [5, 5.41) is 12.3. The van der Waals surface area contributed by atoms with Crippen molar-refractivity contribution in [2.45, 2.75) is 25.4 Å². The van der Waals surface area contributed by atoms with E-state index in [4.69, 9.17) is 10.5 Å². The molecule has 0 aromatic heterocycles. The van der Waals surface area contributed by atoms with Gasteiger partial charge >= 0.3 is 0 Å². The summed E-state index contributed by atoms with van der Waals surface area (Å²) in [5.41, 5.74) is 7.22. The highest BCUT2D eigenvalue weighted by Gasteiger charge is 2.15. The Labute approximate surface area is 113 Å². The van der Waals surface area contributed by atoms with Gasteiger partial charge in [0.15, 0.2) is 0 Å². The fraction of sp³-hybridized carbons (Fsp3) is 0.500. The smallest absolute Gasteiger partial charge is 0.227 e. The van der Waals surface area contributed by atoms with E-state index in [1.165, 1.54) is 7.11 Å². The molecule has 0 aliphatic heterocycles. The number of ether oxygens (including phenoxy) is 1. The van der Waals surface area contributed by atoms with Crippen LogP contribution in [0.1, 0.15) is 24.8 Å². The molecule has 0 bridgehead atoms. The first-order valence-electron chi connectivity index (χ1n) is 6.34. The van der Waals surface area contributed by atoms with E-state index in [-0.39, 0.29) is 18.4 Å². The van der Waals surface area contributed by atoms with Gasteiger partial charge in [-0.25, -0.2) is 0 Å². The second-order valence-electron chi connectivity index (χ2n) is 4.58. The zero-order chi connectivity index (χ0) is 14.3. The average molecular weight is 266 g/mol. The molecule has 1 rings (SSSR count). The summed E-state index contributed by atoms with van der Waals surface area (Å²) in [4.78, 5) is 11.9. The predicted molar refractivity (Wildman–Crippen MR) is 74.8 cm³/mol. The van der Waals surface area contributed by atoms with Crippen molar-refractivity contribution in [1.29, 1.82) is 0 Å². The van der Waals surface area contributed by atoms with Gasteiger partial charge in [0.05, 0.1) is 18.6 Å². The quantitative estimate of drug-likeness (QED) is 0.640. The van der Waals surface area contributed by atoms with Crippen LogP contribution in [0.2, 0.25) is 0 Å². The Morgan fingerprint density at radius 2 is 2.26 bits per heavy atom. The number of nitrogen functional groups attached to an aromatic ring is 1. The monoisotopic (exact) mass is 266 g/mol. The number of aliphatic hydroxyl groups excluding tert-OH is 1. The van der Waals surface area contributed by atoms with Gasteiger partial charge in [0, 0.05) is 19.3 Å². The third-order valence-electron chi connectivity index (χ3n) is 2.94. The predicted octanol–water partition coefficient (Wildman–Crippen LogP) is 0.886. The molecule has 0 saturated heterocycles. The molecule has 1 amide bonds. The molecule has 0 fully saturated rings. The number of benzene rings is 1. The lowest BCUT2D eigenvalue weighted by molar-refractivity contribution is -0.122. The summed E-state index contributed by atoms with van der Waals surface area (Å²) in [6, 6.07) is 7.29. The van der Waals surface area contributed by atoms with Gasteiger partial charge in [0.1, 0.15) is 0 Å². The number of nitrogens with one attached hydrogen (secondary N) is 1. The van der Waals surface area contributed by atoms with E-state index in [1.807, 2.05) is 19.1 Å². The third-order valence-corrected chi connectivity index (χ3v) is 2.94. The first kappa shape index (κ1) is 15.5. The van der Waals surface area contributed by atoms with Gasteiger partial charge in [-0.3, -0.25) is 4.79 Å². The van der Waals surface area contributed by atoms with Crippen molar-refractivity contribution in [3.8, 4) is 0 Å². The minimum Gasteiger partial charge on any atom is -0.399 e. The Bertz CT molecular complexity index is 409. The lowest BCUT2D eigenvalue weighted by Crippen LogP contribution is -2.31. The zero-order valence-electron chi connectivity index (χ0n) is 11.4.